The van der Waals surface area contributed by atoms with Crippen molar-refractivity contribution in [3.05, 3.63) is 0 Å². The summed E-state index contributed by atoms with van der Waals surface area (Å²) in [7, 11) is 0. The Morgan fingerprint density at radius 3 is 2.67 bits per heavy atom. The lowest BCUT2D eigenvalue weighted by Crippen LogP contribution is -2.38. The van der Waals surface area contributed by atoms with Gasteiger partial charge in [-0.15, -0.1) is 0 Å². The molecule has 2 N–H and O–H groups in total. The van der Waals surface area contributed by atoms with E-state index in [1.807, 2.05) is 0 Å². The van der Waals surface area contributed by atoms with Gasteiger partial charge in [-0.2, -0.15) is 0 Å². The standard InChI is InChI=1S/C15H31NO2/c1-3-4-10-18-12-14(17)11-16-13-15(2)8-6-5-7-9-15/h14,16-17H,3-13H2,1-2H3. The Bertz CT molecular complexity index is 203. The van der Waals surface area contributed by atoms with E-state index in [-0.39, 0.29) is 6.10 Å². The summed E-state index contributed by atoms with van der Waals surface area (Å²) in [6.45, 7) is 7.42. The number of rotatable bonds is 9. The van der Waals surface area contributed by atoms with Crippen LogP contribution in [0.4, 0.5) is 0 Å². The fourth-order valence-corrected chi connectivity index (χ4v) is 2.65. The predicted molar refractivity (Wildman–Crippen MR) is 75.8 cm³/mol. The fourth-order valence-electron chi connectivity index (χ4n) is 2.65. The summed E-state index contributed by atoms with van der Waals surface area (Å²) in [6, 6.07) is 0. The summed E-state index contributed by atoms with van der Waals surface area (Å²) in [6.07, 6.45) is 8.62. The number of aliphatic hydroxyl groups excluding tert-OH is 1. The SMILES string of the molecule is CCCCOCC(O)CNCC1(C)CCCCC1. The molecule has 0 aromatic heterocycles. The molecule has 1 aliphatic carbocycles. The number of aliphatic hydroxyl groups is 1. The van der Waals surface area contributed by atoms with Gasteiger partial charge in [0.25, 0.3) is 0 Å². The molecule has 3 nitrogen and oxygen atoms in total. The molecule has 18 heavy (non-hydrogen) atoms. The van der Waals surface area contributed by atoms with Gasteiger partial charge >= 0.3 is 0 Å². The molecule has 0 bridgehead atoms. The topological polar surface area (TPSA) is 41.5 Å². The van der Waals surface area contributed by atoms with Gasteiger partial charge in [-0.05, 0) is 24.7 Å². The molecule has 0 radical (unpaired) electrons. The van der Waals surface area contributed by atoms with Gasteiger partial charge in [0, 0.05) is 19.7 Å². The van der Waals surface area contributed by atoms with Crippen molar-refractivity contribution in [2.75, 3.05) is 26.3 Å². The van der Waals surface area contributed by atoms with Crippen LogP contribution in [0.5, 0.6) is 0 Å². The first kappa shape index (κ1) is 15.9. The van der Waals surface area contributed by atoms with Crippen molar-refractivity contribution in [1.29, 1.82) is 0 Å². The summed E-state index contributed by atoms with van der Waals surface area (Å²) < 4.78 is 5.41. The molecule has 0 spiro atoms. The Hall–Kier alpha value is -0.120. The largest absolute Gasteiger partial charge is 0.389 e. The first-order valence-electron chi connectivity index (χ1n) is 7.63. The summed E-state index contributed by atoms with van der Waals surface area (Å²) in [5, 5.41) is 13.2. The van der Waals surface area contributed by atoms with Gasteiger partial charge in [-0.25, -0.2) is 0 Å². The molecule has 0 aliphatic heterocycles. The number of unbranched alkanes of at least 4 members (excludes halogenated alkanes) is 1. The molecular formula is C15H31NO2. The van der Waals surface area contributed by atoms with Gasteiger partial charge in [0.05, 0.1) is 12.7 Å². The van der Waals surface area contributed by atoms with E-state index in [9.17, 15) is 5.11 Å². The van der Waals surface area contributed by atoms with Crippen molar-refractivity contribution in [2.24, 2.45) is 5.41 Å². The Kier molecular flexibility index (Phi) is 7.87. The zero-order valence-corrected chi connectivity index (χ0v) is 12.2. The Labute approximate surface area is 112 Å². The van der Waals surface area contributed by atoms with Crippen LogP contribution in [0.25, 0.3) is 0 Å². The molecule has 0 saturated heterocycles. The highest BCUT2D eigenvalue weighted by Crippen LogP contribution is 2.34. The average molecular weight is 257 g/mol. The van der Waals surface area contributed by atoms with E-state index in [0.717, 1.165) is 26.0 Å². The summed E-state index contributed by atoms with van der Waals surface area (Å²) >= 11 is 0. The second-order valence-corrected chi connectivity index (χ2v) is 6.08. The molecule has 1 atom stereocenters. The second kappa shape index (κ2) is 8.89. The first-order chi connectivity index (χ1) is 8.66. The van der Waals surface area contributed by atoms with Crippen LogP contribution in [0, 0.1) is 5.41 Å². The lowest BCUT2D eigenvalue weighted by atomic mass is 9.76. The smallest absolute Gasteiger partial charge is 0.0897 e. The van der Waals surface area contributed by atoms with Crippen LogP contribution in [0.15, 0.2) is 0 Å². The molecule has 0 aromatic carbocycles. The van der Waals surface area contributed by atoms with Gasteiger partial charge < -0.3 is 15.2 Å². The van der Waals surface area contributed by atoms with Gasteiger partial charge in [0.15, 0.2) is 0 Å². The zero-order chi connectivity index (χ0) is 13.3. The van der Waals surface area contributed by atoms with Crippen molar-refractivity contribution >= 4 is 0 Å². The minimum atomic E-state index is -0.367. The maximum atomic E-state index is 9.77. The van der Waals surface area contributed by atoms with E-state index in [4.69, 9.17) is 4.74 Å². The number of hydrogen-bond acceptors (Lipinski definition) is 3. The Morgan fingerprint density at radius 1 is 1.28 bits per heavy atom. The monoisotopic (exact) mass is 257 g/mol. The van der Waals surface area contributed by atoms with Crippen LogP contribution < -0.4 is 5.32 Å². The Balaban J connectivity index is 2.02. The van der Waals surface area contributed by atoms with Gasteiger partial charge in [-0.3, -0.25) is 0 Å². The fraction of sp³-hybridized carbons (Fsp3) is 1.00. The average Bonchev–Trinajstić information content (AvgIpc) is 2.35. The first-order valence-corrected chi connectivity index (χ1v) is 7.63. The molecular weight excluding hydrogens is 226 g/mol. The van der Waals surface area contributed by atoms with Crippen molar-refractivity contribution in [3.63, 3.8) is 0 Å². The van der Waals surface area contributed by atoms with Crippen molar-refractivity contribution in [3.8, 4) is 0 Å². The normalized spacial score (nSPS) is 20.8. The van der Waals surface area contributed by atoms with Crippen LogP contribution in [0.2, 0.25) is 0 Å². The molecule has 1 saturated carbocycles. The van der Waals surface area contributed by atoms with Crippen LogP contribution in [0.3, 0.4) is 0 Å². The lowest BCUT2D eigenvalue weighted by Gasteiger charge is -2.34. The molecule has 1 aliphatic rings. The molecule has 1 fully saturated rings. The maximum absolute atomic E-state index is 9.77. The molecule has 108 valence electrons. The molecule has 0 heterocycles. The molecule has 0 aromatic rings. The van der Waals surface area contributed by atoms with Crippen molar-refractivity contribution < 1.29 is 9.84 Å². The minimum Gasteiger partial charge on any atom is -0.389 e. The lowest BCUT2D eigenvalue weighted by molar-refractivity contribution is 0.0340. The quantitative estimate of drug-likeness (QED) is 0.624. The molecule has 1 unspecified atom stereocenters. The third-order valence-corrected chi connectivity index (χ3v) is 3.94. The van der Waals surface area contributed by atoms with E-state index in [0.29, 0.717) is 18.6 Å². The highest BCUT2D eigenvalue weighted by Gasteiger charge is 2.26. The number of ether oxygens (including phenoxy) is 1. The summed E-state index contributed by atoms with van der Waals surface area (Å²) in [5.74, 6) is 0. The van der Waals surface area contributed by atoms with Gasteiger partial charge in [0.1, 0.15) is 0 Å². The van der Waals surface area contributed by atoms with Gasteiger partial charge in [0.2, 0.25) is 0 Å². The van der Waals surface area contributed by atoms with Crippen LogP contribution in [-0.4, -0.2) is 37.5 Å². The molecule has 0 amide bonds. The summed E-state index contributed by atoms with van der Waals surface area (Å²) in [4.78, 5) is 0. The van der Waals surface area contributed by atoms with Crippen LogP contribution >= 0.6 is 0 Å². The highest BCUT2D eigenvalue weighted by molar-refractivity contribution is 4.80. The maximum Gasteiger partial charge on any atom is 0.0897 e. The van der Waals surface area contributed by atoms with E-state index in [1.54, 1.807) is 0 Å². The van der Waals surface area contributed by atoms with E-state index < -0.39 is 0 Å². The van der Waals surface area contributed by atoms with E-state index in [1.165, 1.54) is 32.1 Å². The minimum absolute atomic E-state index is 0.367. The highest BCUT2D eigenvalue weighted by atomic mass is 16.5. The Morgan fingerprint density at radius 2 is 2.00 bits per heavy atom. The number of nitrogens with one attached hydrogen (secondary N) is 1. The molecule has 1 rings (SSSR count). The number of hydrogen-bond donors (Lipinski definition) is 2. The van der Waals surface area contributed by atoms with Gasteiger partial charge in [-0.1, -0.05) is 39.5 Å². The zero-order valence-electron chi connectivity index (χ0n) is 12.2. The van der Waals surface area contributed by atoms with Crippen molar-refractivity contribution in [1.82, 2.24) is 5.32 Å². The van der Waals surface area contributed by atoms with Crippen LogP contribution in [0.1, 0.15) is 58.8 Å². The predicted octanol–water partition coefficient (Wildman–Crippen LogP) is 2.72. The third-order valence-electron chi connectivity index (χ3n) is 3.94. The van der Waals surface area contributed by atoms with E-state index >= 15 is 0 Å². The third kappa shape index (κ3) is 6.72. The molecule has 3 heteroatoms. The summed E-state index contributed by atoms with van der Waals surface area (Å²) in [5.41, 5.74) is 0.445. The second-order valence-electron chi connectivity index (χ2n) is 6.08. The van der Waals surface area contributed by atoms with Crippen molar-refractivity contribution in [2.45, 2.75) is 64.9 Å². The van der Waals surface area contributed by atoms with E-state index in [2.05, 4.69) is 19.2 Å². The van der Waals surface area contributed by atoms with Crippen LogP contribution in [-0.2, 0) is 4.74 Å².